The number of hydrogen-bond donors (Lipinski definition) is 1. The molecule has 1 aliphatic heterocycles. The number of sulfone groups is 1. The fourth-order valence-electron chi connectivity index (χ4n) is 3.60. The van der Waals surface area contributed by atoms with Gasteiger partial charge in [0.05, 0.1) is 18.4 Å². The Balaban J connectivity index is 1.77. The number of ether oxygens (including phenoxy) is 1. The molecule has 1 aliphatic rings. The molecule has 0 atom stereocenters. The van der Waals surface area contributed by atoms with Crippen LogP contribution in [-0.4, -0.2) is 55.3 Å². The summed E-state index contributed by atoms with van der Waals surface area (Å²) in [4.78, 5) is 29.3. The number of nitrogens with one attached hydrogen (secondary N) is 1. The number of nitrogens with zero attached hydrogens (tertiary/aromatic N) is 1. The molecule has 0 saturated heterocycles. The highest BCUT2D eigenvalue weighted by atomic mass is 32.2. The molecule has 2 heterocycles. The summed E-state index contributed by atoms with van der Waals surface area (Å²) < 4.78 is 29.2. The van der Waals surface area contributed by atoms with Gasteiger partial charge in [0.1, 0.15) is 5.75 Å². The first kappa shape index (κ1) is 20.4. The van der Waals surface area contributed by atoms with E-state index >= 15 is 0 Å². The lowest BCUT2D eigenvalue weighted by atomic mass is 10.0. The number of carbonyl (C=O) groups is 2. The van der Waals surface area contributed by atoms with Crippen molar-refractivity contribution in [2.24, 2.45) is 0 Å². The quantitative estimate of drug-likeness (QED) is 0.563. The molecule has 0 saturated carbocycles. The van der Waals surface area contributed by atoms with Gasteiger partial charge in [-0.15, -0.1) is 0 Å². The van der Waals surface area contributed by atoms with Crippen molar-refractivity contribution in [1.29, 1.82) is 0 Å². The molecule has 0 spiro atoms. The average molecular weight is 407 g/mol. The largest absolute Gasteiger partial charge is 0.465 e. The van der Waals surface area contributed by atoms with Crippen molar-refractivity contribution in [2.75, 3.05) is 25.2 Å². The molecule has 1 aromatic carbocycles. The highest BCUT2D eigenvalue weighted by Gasteiger charge is 2.27. The molecular weight excluding hydrogens is 380 g/mol. The molecule has 8 heteroatoms. The Morgan fingerprint density at radius 2 is 2.04 bits per heavy atom. The number of aromatic nitrogens is 1. The zero-order chi connectivity index (χ0) is 20.3. The highest BCUT2D eigenvalue weighted by Crippen LogP contribution is 2.29. The zero-order valence-electron chi connectivity index (χ0n) is 16.3. The van der Waals surface area contributed by atoms with E-state index in [4.69, 9.17) is 4.74 Å². The number of unbranched alkanes of at least 4 members (excludes halogenated alkanes) is 2. The van der Waals surface area contributed by atoms with Crippen LogP contribution in [0.2, 0.25) is 0 Å². The third-order valence-corrected chi connectivity index (χ3v) is 6.75. The van der Waals surface area contributed by atoms with Gasteiger partial charge < -0.3 is 14.6 Å². The van der Waals surface area contributed by atoms with Crippen LogP contribution in [0, 0.1) is 0 Å². The molecule has 0 radical (unpaired) electrons. The fraction of sp³-hybridized carbons (Fsp3) is 0.500. The fourth-order valence-corrected chi connectivity index (χ4v) is 4.94. The van der Waals surface area contributed by atoms with Gasteiger partial charge in [-0.3, -0.25) is 4.79 Å². The second kappa shape index (κ2) is 8.34. The first-order valence-corrected chi connectivity index (χ1v) is 11.4. The minimum absolute atomic E-state index is 0.0568. The third kappa shape index (κ3) is 4.38. The average Bonchev–Trinajstić information content (AvgIpc) is 3.04. The lowest BCUT2D eigenvalue weighted by molar-refractivity contribution is -0.129. The number of esters is 1. The Bertz CT molecular complexity index is 993. The van der Waals surface area contributed by atoms with Crippen molar-refractivity contribution in [3.8, 4) is 0 Å². The predicted molar refractivity (Wildman–Crippen MR) is 107 cm³/mol. The van der Waals surface area contributed by atoms with E-state index in [1.54, 1.807) is 17.0 Å². The van der Waals surface area contributed by atoms with Gasteiger partial charge in [0.25, 0.3) is 0 Å². The van der Waals surface area contributed by atoms with Crippen LogP contribution in [0.1, 0.15) is 47.8 Å². The molecule has 0 unspecified atom stereocenters. The molecule has 28 heavy (non-hydrogen) atoms. The van der Waals surface area contributed by atoms with Crippen molar-refractivity contribution in [3.63, 3.8) is 0 Å². The van der Waals surface area contributed by atoms with E-state index in [0.717, 1.165) is 35.0 Å². The first-order chi connectivity index (χ1) is 13.3. The number of benzene rings is 1. The molecule has 2 aromatic rings. The second-order valence-electron chi connectivity index (χ2n) is 7.20. The number of H-pyrrole nitrogens is 1. The lowest BCUT2D eigenvalue weighted by Gasteiger charge is -2.27. The van der Waals surface area contributed by atoms with Gasteiger partial charge >= 0.3 is 5.97 Å². The van der Waals surface area contributed by atoms with Gasteiger partial charge in [-0.2, -0.15) is 0 Å². The molecule has 0 fully saturated rings. The maximum absolute atomic E-state index is 12.6. The summed E-state index contributed by atoms with van der Waals surface area (Å²) >= 11 is 0. The van der Waals surface area contributed by atoms with Crippen LogP contribution in [-0.2, 0) is 32.3 Å². The van der Waals surface area contributed by atoms with Crippen molar-refractivity contribution in [3.05, 3.63) is 35.0 Å². The van der Waals surface area contributed by atoms with Crippen LogP contribution >= 0.6 is 0 Å². The number of amides is 1. The molecule has 1 amide bonds. The molecule has 152 valence electrons. The summed E-state index contributed by atoms with van der Waals surface area (Å²) in [5.74, 6) is -1.16. The van der Waals surface area contributed by atoms with Gasteiger partial charge in [0.2, 0.25) is 5.91 Å². The third-order valence-electron chi connectivity index (χ3n) is 5.15. The Morgan fingerprint density at radius 1 is 1.25 bits per heavy atom. The lowest BCUT2D eigenvalue weighted by Crippen LogP contribution is -2.39. The van der Waals surface area contributed by atoms with Crippen molar-refractivity contribution in [2.45, 2.75) is 39.2 Å². The van der Waals surface area contributed by atoms with Gasteiger partial charge in [-0.1, -0.05) is 19.8 Å². The molecule has 1 aromatic heterocycles. The molecule has 0 bridgehead atoms. The van der Waals surface area contributed by atoms with Crippen LogP contribution in [0.5, 0.6) is 0 Å². The van der Waals surface area contributed by atoms with Gasteiger partial charge in [-0.05, 0) is 24.6 Å². The van der Waals surface area contributed by atoms with E-state index in [-0.39, 0.29) is 11.7 Å². The monoisotopic (exact) mass is 406 g/mol. The van der Waals surface area contributed by atoms with E-state index in [1.807, 2.05) is 13.0 Å². The molecule has 1 N–H and O–H groups in total. The summed E-state index contributed by atoms with van der Waals surface area (Å²) in [7, 11) is -2.06. The molecule has 3 rings (SSSR count). The first-order valence-electron chi connectivity index (χ1n) is 9.54. The normalized spacial score (nSPS) is 14.1. The Morgan fingerprint density at radius 3 is 2.75 bits per heavy atom. The van der Waals surface area contributed by atoms with Crippen molar-refractivity contribution in [1.82, 2.24) is 9.88 Å². The molecule has 7 nitrogen and oxygen atoms in total. The Kier molecular flexibility index (Phi) is 6.07. The van der Waals surface area contributed by atoms with Crippen LogP contribution in [0.25, 0.3) is 10.9 Å². The van der Waals surface area contributed by atoms with E-state index < -0.39 is 21.6 Å². The van der Waals surface area contributed by atoms with E-state index in [9.17, 15) is 18.0 Å². The standard InChI is InChI=1S/C20H26N2O5S/c1-3-4-5-10-28(25,26)13-19(23)22-9-8-18-16(12-22)15-11-14(20(24)27-2)6-7-17(15)21-18/h6-7,11,21H,3-5,8-10,12-13H2,1-2H3. The van der Waals surface area contributed by atoms with Crippen LogP contribution in [0.15, 0.2) is 18.2 Å². The van der Waals surface area contributed by atoms with E-state index in [1.165, 1.54) is 7.11 Å². The number of hydrogen-bond acceptors (Lipinski definition) is 5. The van der Waals surface area contributed by atoms with Gasteiger partial charge in [0, 0.05) is 41.7 Å². The minimum Gasteiger partial charge on any atom is -0.465 e. The summed E-state index contributed by atoms with van der Waals surface area (Å²) in [5.41, 5.74) is 3.29. The molecule has 0 aliphatic carbocycles. The second-order valence-corrected chi connectivity index (χ2v) is 9.38. The summed E-state index contributed by atoms with van der Waals surface area (Å²) in [6.07, 6.45) is 3.00. The zero-order valence-corrected chi connectivity index (χ0v) is 17.1. The van der Waals surface area contributed by atoms with Gasteiger partial charge in [0.15, 0.2) is 9.84 Å². The summed E-state index contributed by atoms with van der Waals surface area (Å²) in [5, 5.41) is 0.862. The highest BCUT2D eigenvalue weighted by molar-refractivity contribution is 7.92. The van der Waals surface area contributed by atoms with Crippen molar-refractivity contribution >= 4 is 32.6 Å². The number of fused-ring (bicyclic) bond motifs is 3. The van der Waals surface area contributed by atoms with Crippen molar-refractivity contribution < 1.29 is 22.7 Å². The Labute approximate surface area is 165 Å². The minimum atomic E-state index is -3.39. The van der Waals surface area contributed by atoms with Crippen LogP contribution < -0.4 is 0 Å². The maximum Gasteiger partial charge on any atom is 0.337 e. The predicted octanol–water partition coefficient (Wildman–Crippen LogP) is 2.44. The number of methoxy groups -OCH3 is 1. The van der Waals surface area contributed by atoms with E-state index in [2.05, 4.69) is 4.98 Å². The summed E-state index contributed by atoms with van der Waals surface area (Å²) in [6, 6.07) is 5.28. The number of carbonyl (C=O) groups excluding carboxylic acids is 2. The smallest absolute Gasteiger partial charge is 0.337 e. The van der Waals surface area contributed by atoms with Gasteiger partial charge in [-0.25, -0.2) is 13.2 Å². The SMILES string of the molecule is CCCCCS(=O)(=O)CC(=O)N1CCc2[nH]c3ccc(C(=O)OC)cc3c2C1. The molecular formula is C20H26N2O5S. The number of aromatic amines is 1. The number of rotatable bonds is 7. The summed E-state index contributed by atoms with van der Waals surface area (Å²) in [6.45, 7) is 2.83. The topological polar surface area (TPSA) is 96.5 Å². The van der Waals surface area contributed by atoms with Crippen LogP contribution in [0.4, 0.5) is 0 Å². The maximum atomic E-state index is 12.6. The van der Waals surface area contributed by atoms with Crippen LogP contribution in [0.3, 0.4) is 0 Å². The van der Waals surface area contributed by atoms with E-state index in [0.29, 0.717) is 31.5 Å². The Hall–Kier alpha value is -2.35.